The number of carbonyl (C=O) groups is 1. The van der Waals surface area contributed by atoms with E-state index in [2.05, 4.69) is 34.3 Å². The molecule has 1 saturated carbocycles. The van der Waals surface area contributed by atoms with Crippen molar-refractivity contribution >= 4 is 17.9 Å². The topological polar surface area (TPSA) is 38.3 Å². The van der Waals surface area contributed by atoms with Crippen molar-refractivity contribution < 1.29 is 9.53 Å². The van der Waals surface area contributed by atoms with Crippen molar-refractivity contribution in [2.45, 2.75) is 42.4 Å². The largest absolute Gasteiger partial charge is 0.453 e. The Balaban J connectivity index is 1.82. The zero-order valence-electron chi connectivity index (χ0n) is 10.6. The highest BCUT2D eigenvalue weighted by atomic mass is 32.2. The summed E-state index contributed by atoms with van der Waals surface area (Å²) in [6.45, 7) is 0.515. The predicted molar refractivity (Wildman–Crippen MR) is 73.8 cm³/mol. The van der Waals surface area contributed by atoms with Crippen LogP contribution in [0, 0.1) is 0 Å². The first-order chi connectivity index (χ1) is 8.78. The molecule has 2 rings (SSSR count). The molecule has 0 spiro atoms. The van der Waals surface area contributed by atoms with Crippen LogP contribution in [0.2, 0.25) is 0 Å². The van der Waals surface area contributed by atoms with E-state index in [4.69, 9.17) is 0 Å². The predicted octanol–water partition coefficient (Wildman–Crippen LogP) is 3.58. The summed E-state index contributed by atoms with van der Waals surface area (Å²) in [6, 6.07) is 8.40. The minimum atomic E-state index is -0.389. The quantitative estimate of drug-likeness (QED) is 0.904. The molecule has 1 aliphatic carbocycles. The number of hydrogen-bond donors (Lipinski definition) is 1. The molecular formula is C14H19NO2S. The minimum Gasteiger partial charge on any atom is -0.453 e. The van der Waals surface area contributed by atoms with Crippen LogP contribution < -0.4 is 5.32 Å². The van der Waals surface area contributed by atoms with Crippen molar-refractivity contribution in [2.75, 3.05) is 7.11 Å². The van der Waals surface area contributed by atoms with E-state index in [0.29, 0.717) is 6.54 Å². The fraction of sp³-hybridized carbons (Fsp3) is 0.500. The van der Waals surface area contributed by atoms with Crippen LogP contribution in [-0.2, 0) is 11.3 Å². The zero-order chi connectivity index (χ0) is 12.8. The molecule has 1 fully saturated rings. The monoisotopic (exact) mass is 265 g/mol. The maximum absolute atomic E-state index is 10.9. The van der Waals surface area contributed by atoms with Gasteiger partial charge in [-0.05, 0) is 30.5 Å². The van der Waals surface area contributed by atoms with Crippen LogP contribution in [0.25, 0.3) is 0 Å². The molecule has 18 heavy (non-hydrogen) atoms. The summed E-state index contributed by atoms with van der Waals surface area (Å²) in [5.74, 6) is 0. The Bertz CT molecular complexity index is 385. The second kappa shape index (κ2) is 6.69. The van der Waals surface area contributed by atoms with Crippen LogP contribution in [0.3, 0.4) is 0 Å². The van der Waals surface area contributed by atoms with Crippen LogP contribution >= 0.6 is 11.8 Å². The number of hydrogen-bond acceptors (Lipinski definition) is 3. The summed E-state index contributed by atoms with van der Waals surface area (Å²) >= 11 is 1.98. The third-order valence-corrected chi connectivity index (χ3v) is 4.50. The van der Waals surface area contributed by atoms with Gasteiger partial charge >= 0.3 is 6.09 Å². The highest BCUT2D eigenvalue weighted by Crippen LogP contribution is 2.34. The molecule has 0 unspecified atom stereocenters. The fourth-order valence-corrected chi connectivity index (χ4v) is 3.38. The average Bonchev–Trinajstić information content (AvgIpc) is 2.90. The number of benzene rings is 1. The van der Waals surface area contributed by atoms with Crippen LogP contribution in [0.1, 0.15) is 31.2 Å². The van der Waals surface area contributed by atoms with E-state index in [0.717, 1.165) is 10.8 Å². The Kier molecular flexibility index (Phi) is 4.93. The number of alkyl carbamates (subject to hydrolysis) is 1. The lowest BCUT2D eigenvalue weighted by atomic mass is 10.2. The Morgan fingerprint density at radius 2 is 2.00 bits per heavy atom. The van der Waals surface area contributed by atoms with Gasteiger partial charge < -0.3 is 10.1 Å². The van der Waals surface area contributed by atoms with Gasteiger partial charge in [0.1, 0.15) is 0 Å². The van der Waals surface area contributed by atoms with Crippen molar-refractivity contribution in [3.8, 4) is 0 Å². The lowest BCUT2D eigenvalue weighted by molar-refractivity contribution is 0.170. The normalized spacial score (nSPS) is 15.6. The van der Waals surface area contributed by atoms with Gasteiger partial charge in [-0.3, -0.25) is 0 Å². The number of methoxy groups -OCH3 is 1. The number of ether oxygens (including phenoxy) is 1. The van der Waals surface area contributed by atoms with E-state index < -0.39 is 0 Å². The molecular weight excluding hydrogens is 246 g/mol. The maximum atomic E-state index is 10.9. The number of nitrogens with one attached hydrogen (secondary N) is 1. The van der Waals surface area contributed by atoms with Gasteiger partial charge in [-0.1, -0.05) is 25.0 Å². The summed E-state index contributed by atoms with van der Waals surface area (Å²) < 4.78 is 4.53. The van der Waals surface area contributed by atoms with E-state index in [1.165, 1.54) is 37.7 Å². The first kappa shape index (κ1) is 13.3. The lowest BCUT2D eigenvalue weighted by Gasteiger charge is -2.09. The van der Waals surface area contributed by atoms with Gasteiger partial charge in [-0.25, -0.2) is 4.79 Å². The molecule has 1 N–H and O–H groups in total. The summed E-state index contributed by atoms with van der Waals surface area (Å²) in [6.07, 6.45) is 5.05. The molecule has 0 heterocycles. The molecule has 0 bridgehead atoms. The third kappa shape index (κ3) is 3.95. The molecule has 1 aliphatic rings. The summed E-state index contributed by atoms with van der Waals surface area (Å²) in [5, 5.41) is 3.47. The van der Waals surface area contributed by atoms with Crippen LogP contribution in [-0.4, -0.2) is 18.5 Å². The molecule has 1 aromatic rings. The van der Waals surface area contributed by atoms with Crippen molar-refractivity contribution in [3.63, 3.8) is 0 Å². The fourth-order valence-electron chi connectivity index (χ4n) is 2.13. The molecule has 1 amide bonds. The van der Waals surface area contributed by atoms with E-state index in [1.807, 2.05) is 11.8 Å². The zero-order valence-corrected chi connectivity index (χ0v) is 11.5. The maximum Gasteiger partial charge on any atom is 0.407 e. The van der Waals surface area contributed by atoms with Crippen LogP contribution in [0.4, 0.5) is 4.79 Å². The molecule has 0 aliphatic heterocycles. The van der Waals surface area contributed by atoms with Gasteiger partial charge in [0.2, 0.25) is 0 Å². The van der Waals surface area contributed by atoms with Crippen molar-refractivity contribution in [1.82, 2.24) is 5.32 Å². The van der Waals surface area contributed by atoms with Crippen LogP contribution in [0.15, 0.2) is 29.2 Å². The second-order valence-corrected chi connectivity index (χ2v) is 5.89. The van der Waals surface area contributed by atoms with Crippen LogP contribution in [0.5, 0.6) is 0 Å². The number of carbonyl (C=O) groups excluding carboxylic acids is 1. The summed E-state index contributed by atoms with van der Waals surface area (Å²) in [4.78, 5) is 12.3. The van der Waals surface area contributed by atoms with Gasteiger partial charge in [0.15, 0.2) is 0 Å². The first-order valence-corrected chi connectivity index (χ1v) is 7.23. The Morgan fingerprint density at radius 3 is 2.61 bits per heavy atom. The molecule has 4 heteroatoms. The average molecular weight is 265 g/mol. The molecule has 98 valence electrons. The van der Waals surface area contributed by atoms with E-state index in [1.54, 1.807) is 0 Å². The standard InChI is InChI=1S/C14H19NO2S/c1-17-14(16)15-10-11-6-8-13(9-7-11)18-12-4-2-3-5-12/h6-9,12H,2-5,10H2,1H3,(H,15,16). The Morgan fingerprint density at radius 1 is 1.33 bits per heavy atom. The Hall–Kier alpha value is -1.16. The van der Waals surface area contributed by atoms with E-state index in [9.17, 15) is 4.79 Å². The molecule has 0 atom stereocenters. The molecule has 0 radical (unpaired) electrons. The van der Waals surface area contributed by atoms with Gasteiger partial charge in [0, 0.05) is 16.7 Å². The van der Waals surface area contributed by atoms with Crippen molar-refractivity contribution in [1.29, 1.82) is 0 Å². The smallest absolute Gasteiger partial charge is 0.407 e. The number of amides is 1. The highest BCUT2D eigenvalue weighted by Gasteiger charge is 2.15. The van der Waals surface area contributed by atoms with Crippen molar-refractivity contribution in [3.05, 3.63) is 29.8 Å². The third-order valence-electron chi connectivity index (χ3n) is 3.15. The van der Waals surface area contributed by atoms with Gasteiger partial charge in [0.25, 0.3) is 0 Å². The molecule has 0 aromatic heterocycles. The number of thioether (sulfide) groups is 1. The van der Waals surface area contributed by atoms with Crippen molar-refractivity contribution in [2.24, 2.45) is 0 Å². The summed E-state index contributed by atoms with van der Waals surface area (Å²) in [7, 11) is 1.37. The summed E-state index contributed by atoms with van der Waals surface area (Å²) in [5.41, 5.74) is 1.09. The second-order valence-electron chi connectivity index (χ2n) is 4.51. The minimum absolute atomic E-state index is 0.389. The molecule has 0 saturated heterocycles. The Labute approximate surface area is 112 Å². The van der Waals surface area contributed by atoms with Gasteiger partial charge in [0.05, 0.1) is 7.11 Å². The SMILES string of the molecule is COC(=O)NCc1ccc(SC2CCCC2)cc1. The van der Waals surface area contributed by atoms with E-state index in [-0.39, 0.29) is 6.09 Å². The highest BCUT2D eigenvalue weighted by molar-refractivity contribution is 8.00. The molecule has 1 aromatic carbocycles. The lowest BCUT2D eigenvalue weighted by Crippen LogP contribution is -2.22. The van der Waals surface area contributed by atoms with E-state index >= 15 is 0 Å². The molecule has 3 nitrogen and oxygen atoms in total. The first-order valence-electron chi connectivity index (χ1n) is 6.35. The van der Waals surface area contributed by atoms with Gasteiger partial charge in [-0.15, -0.1) is 11.8 Å². The number of rotatable bonds is 4. The van der Waals surface area contributed by atoms with Gasteiger partial charge in [-0.2, -0.15) is 0 Å².